The van der Waals surface area contributed by atoms with Gasteiger partial charge in [-0.05, 0) is 13.8 Å². The highest BCUT2D eigenvalue weighted by molar-refractivity contribution is 8.00. The summed E-state index contributed by atoms with van der Waals surface area (Å²) in [5, 5.41) is 10.2. The molecule has 0 rings (SSSR count). The van der Waals surface area contributed by atoms with Crippen molar-refractivity contribution < 1.29 is 23.9 Å². The number of carbonyl (C=O) groups is 4. The van der Waals surface area contributed by atoms with Crippen LogP contribution in [0, 0.1) is 0 Å². The summed E-state index contributed by atoms with van der Waals surface area (Å²) in [5.74, 6) is 1.09. The highest BCUT2D eigenvalue weighted by Gasteiger charge is 2.07. The Bertz CT molecular complexity index is 478. The topological polar surface area (TPSA) is 126 Å². The average Bonchev–Trinajstić information content (AvgIpc) is 2.62. The van der Waals surface area contributed by atoms with E-state index in [1.54, 1.807) is 0 Å². The quantitative estimate of drug-likeness (QED) is 0.249. The first-order valence-electron chi connectivity index (χ1n) is 8.61. The predicted molar refractivity (Wildman–Crippen MR) is 109 cm³/mol. The lowest BCUT2D eigenvalue weighted by molar-refractivity contribution is -0.125. The van der Waals surface area contributed by atoms with E-state index in [4.69, 9.17) is 4.74 Å². The third-order valence-corrected chi connectivity index (χ3v) is 4.67. The summed E-state index contributed by atoms with van der Waals surface area (Å²) in [5.41, 5.74) is 0. The molecule has 0 saturated heterocycles. The highest BCUT2D eigenvalue weighted by Crippen LogP contribution is 2.01. The van der Waals surface area contributed by atoms with Crippen LogP contribution in [0.25, 0.3) is 0 Å². The Labute approximate surface area is 168 Å². The summed E-state index contributed by atoms with van der Waals surface area (Å²) in [6.07, 6.45) is 0. The van der Waals surface area contributed by atoms with Gasteiger partial charge < -0.3 is 26.0 Å². The van der Waals surface area contributed by atoms with E-state index in [2.05, 4.69) is 21.3 Å². The van der Waals surface area contributed by atoms with Crippen molar-refractivity contribution >= 4 is 47.2 Å². The molecule has 0 aliphatic carbocycles. The summed E-state index contributed by atoms with van der Waals surface area (Å²) in [6, 6.07) is 0.0519. The molecule has 0 aromatic rings. The summed E-state index contributed by atoms with van der Waals surface area (Å²) < 4.78 is 5.42. The minimum absolute atomic E-state index is 0.0119. The van der Waals surface area contributed by atoms with Gasteiger partial charge in [0.1, 0.15) is 0 Å². The smallest absolute Gasteiger partial charge is 0.239 e. The number of amides is 4. The largest absolute Gasteiger partial charge is 0.380 e. The zero-order valence-corrected chi connectivity index (χ0v) is 17.7. The Kier molecular flexibility index (Phi) is 15.8. The second-order valence-corrected chi connectivity index (χ2v) is 7.88. The van der Waals surface area contributed by atoms with Gasteiger partial charge in [-0.1, -0.05) is 0 Å². The van der Waals surface area contributed by atoms with E-state index >= 15 is 0 Å². The molecule has 0 atom stereocenters. The van der Waals surface area contributed by atoms with Crippen LogP contribution in [-0.2, 0) is 23.9 Å². The monoisotopic (exact) mass is 422 g/mol. The van der Waals surface area contributed by atoms with Crippen molar-refractivity contribution in [2.45, 2.75) is 19.9 Å². The number of thioether (sulfide) groups is 2. The van der Waals surface area contributed by atoms with E-state index in [1.165, 1.54) is 30.6 Å². The van der Waals surface area contributed by atoms with Crippen LogP contribution in [-0.4, -0.2) is 86.0 Å². The molecular weight excluding hydrogens is 392 g/mol. The van der Waals surface area contributed by atoms with Gasteiger partial charge in [0.2, 0.25) is 23.6 Å². The Morgan fingerprint density at radius 3 is 1.74 bits per heavy atom. The van der Waals surface area contributed by atoms with Gasteiger partial charge in [0.25, 0.3) is 0 Å². The van der Waals surface area contributed by atoms with Gasteiger partial charge in [-0.25, -0.2) is 0 Å². The van der Waals surface area contributed by atoms with E-state index in [0.29, 0.717) is 24.7 Å². The van der Waals surface area contributed by atoms with Gasteiger partial charge in [0, 0.05) is 24.6 Å². The lowest BCUT2D eigenvalue weighted by atomic mass is 10.4. The normalized spacial score (nSPS) is 10.4. The molecule has 0 heterocycles. The second kappa shape index (κ2) is 16.7. The maximum atomic E-state index is 11.6. The van der Waals surface area contributed by atoms with Crippen molar-refractivity contribution in [3.63, 3.8) is 0 Å². The highest BCUT2D eigenvalue weighted by atomic mass is 32.2. The lowest BCUT2D eigenvalue weighted by Crippen LogP contribution is -2.40. The van der Waals surface area contributed by atoms with Crippen LogP contribution in [0.1, 0.15) is 13.8 Å². The van der Waals surface area contributed by atoms with Crippen molar-refractivity contribution in [2.24, 2.45) is 0 Å². The lowest BCUT2D eigenvalue weighted by Gasteiger charge is -2.09. The zero-order valence-electron chi connectivity index (χ0n) is 16.1. The SMILES string of the molecule is CNC(=O)CNC(=O)CSCCOCCSCC(=O)NCC(=O)NC(C)C. The van der Waals surface area contributed by atoms with Crippen LogP contribution < -0.4 is 21.3 Å². The van der Waals surface area contributed by atoms with Crippen LogP contribution in [0.3, 0.4) is 0 Å². The first kappa shape index (κ1) is 25.5. The Balaban J connectivity index is 3.42. The molecule has 27 heavy (non-hydrogen) atoms. The van der Waals surface area contributed by atoms with E-state index in [9.17, 15) is 19.2 Å². The number of likely N-dealkylation sites (N-methyl/N-ethyl adjacent to an activating group) is 1. The molecule has 0 aromatic heterocycles. The maximum absolute atomic E-state index is 11.6. The number of nitrogens with one attached hydrogen (secondary N) is 4. The summed E-state index contributed by atoms with van der Waals surface area (Å²) in [7, 11) is 1.51. The van der Waals surface area contributed by atoms with Crippen LogP contribution in [0.4, 0.5) is 0 Å². The molecule has 0 spiro atoms. The van der Waals surface area contributed by atoms with Crippen molar-refractivity contribution in [1.29, 1.82) is 0 Å². The third kappa shape index (κ3) is 17.7. The van der Waals surface area contributed by atoms with Gasteiger partial charge in [0.15, 0.2) is 0 Å². The number of rotatable bonds is 15. The van der Waals surface area contributed by atoms with E-state index in [0.717, 1.165) is 0 Å². The molecule has 0 aromatic carbocycles. The molecule has 9 nitrogen and oxygen atoms in total. The van der Waals surface area contributed by atoms with Gasteiger partial charge >= 0.3 is 0 Å². The van der Waals surface area contributed by atoms with Crippen LogP contribution in [0.2, 0.25) is 0 Å². The Morgan fingerprint density at radius 1 is 0.815 bits per heavy atom. The fourth-order valence-corrected chi connectivity index (χ4v) is 2.92. The number of carbonyl (C=O) groups excluding carboxylic acids is 4. The van der Waals surface area contributed by atoms with Crippen LogP contribution >= 0.6 is 23.5 Å². The van der Waals surface area contributed by atoms with Crippen LogP contribution in [0.15, 0.2) is 0 Å². The fraction of sp³-hybridized carbons (Fsp3) is 0.750. The molecule has 0 aliphatic heterocycles. The number of hydrogen-bond donors (Lipinski definition) is 4. The van der Waals surface area contributed by atoms with Crippen LogP contribution in [0.5, 0.6) is 0 Å². The molecule has 0 fully saturated rings. The van der Waals surface area contributed by atoms with Crippen molar-refractivity contribution in [2.75, 3.05) is 56.4 Å². The van der Waals surface area contributed by atoms with Crippen molar-refractivity contribution in [3.8, 4) is 0 Å². The standard InChI is InChI=1S/C16H30N4O5S2/c1-12(2)20-14(22)9-19-16(24)11-27-7-5-25-4-6-26-10-15(23)18-8-13(21)17-3/h12H,4-11H2,1-3H3,(H,17,21)(H,18,23)(H,19,24)(H,20,22). The molecular formula is C16H30N4O5S2. The summed E-state index contributed by atoms with van der Waals surface area (Å²) in [4.78, 5) is 45.3. The van der Waals surface area contributed by atoms with E-state index in [1.807, 2.05) is 13.8 Å². The fourth-order valence-electron chi connectivity index (χ4n) is 1.59. The molecule has 0 bridgehead atoms. The van der Waals surface area contributed by atoms with Gasteiger partial charge in [-0.2, -0.15) is 0 Å². The first-order chi connectivity index (χ1) is 12.8. The minimum atomic E-state index is -0.235. The molecule has 4 N–H and O–H groups in total. The van der Waals surface area contributed by atoms with Crippen molar-refractivity contribution in [1.82, 2.24) is 21.3 Å². The van der Waals surface area contributed by atoms with Gasteiger partial charge in [-0.3, -0.25) is 19.2 Å². The summed E-state index contributed by atoms with van der Waals surface area (Å²) in [6.45, 7) is 4.71. The van der Waals surface area contributed by atoms with Gasteiger partial charge in [0.05, 0.1) is 37.8 Å². The first-order valence-corrected chi connectivity index (χ1v) is 10.9. The molecule has 11 heteroatoms. The van der Waals surface area contributed by atoms with Crippen molar-refractivity contribution in [3.05, 3.63) is 0 Å². The average molecular weight is 423 g/mol. The zero-order chi connectivity index (χ0) is 20.5. The Morgan fingerprint density at radius 2 is 1.30 bits per heavy atom. The molecule has 0 unspecified atom stereocenters. The third-order valence-electron chi connectivity index (χ3n) is 2.83. The molecule has 156 valence electrons. The van der Waals surface area contributed by atoms with E-state index < -0.39 is 0 Å². The molecule has 4 amide bonds. The number of ether oxygens (including phenoxy) is 1. The maximum Gasteiger partial charge on any atom is 0.239 e. The predicted octanol–water partition coefficient (Wildman–Crippen LogP) is -1.03. The molecule has 0 radical (unpaired) electrons. The molecule has 0 aliphatic rings. The molecule has 0 saturated carbocycles. The second-order valence-electron chi connectivity index (χ2n) is 5.67. The van der Waals surface area contributed by atoms with Gasteiger partial charge in [-0.15, -0.1) is 23.5 Å². The summed E-state index contributed by atoms with van der Waals surface area (Å²) >= 11 is 2.85. The van der Waals surface area contributed by atoms with E-state index in [-0.39, 0.29) is 54.3 Å². The minimum Gasteiger partial charge on any atom is -0.380 e. The Hall–Kier alpha value is -1.46. The number of hydrogen-bond acceptors (Lipinski definition) is 7.